The van der Waals surface area contributed by atoms with E-state index in [0.29, 0.717) is 6.54 Å². The third-order valence-corrected chi connectivity index (χ3v) is 2.62. The molecule has 13 heavy (non-hydrogen) atoms. The van der Waals surface area contributed by atoms with Gasteiger partial charge in [0, 0.05) is 6.54 Å². The van der Waals surface area contributed by atoms with Gasteiger partial charge in [-0.05, 0) is 20.0 Å². The van der Waals surface area contributed by atoms with Crippen LogP contribution >= 0.6 is 0 Å². The molecule has 1 atom stereocenters. The Labute approximate surface area is 78.2 Å². The molecule has 0 aromatic heterocycles. The molecule has 0 saturated carbocycles. The van der Waals surface area contributed by atoms with Crippen molar-refractivity contribution in [3.05, 3.63) is 0 Å². The number of rotatable bonds is 2. The molecule has 0 aromatic carbocycles. The van der Waals surface area contributed by atoms with Gasteiger partial charge in [0.05, 0.1) is 12.2 Å². The highest BCUT2D eigenvalue weighted by Crippen LogP contribution is 2.14. The molecule has 1 N–H and O–H groups in total. The second kappa shape index (κ2) is 3.63. The van der Waals surface area contributed by atoms with Crippen LogP contribution in [0, 0.1) is 5.92 Å². The zero-order valence-corrected chi connectivity index (χ0v) is 8.60. The molecule has 1 amide bonds. The molecule has 1 heterocycles. The van der Waals surface area contributed by atoms with Crippen LogP contribution in [0.2, 0.25) is 0 Å². The van der Waals surface area contributed by atoms with Crippen molar-refractivity contribution < 1.29 is 13.2 Å². The molecule has 1 aliphatic heterocycles. The van der Waals surface area contributed by atoms with Gasteiger partial charge >= 0.3 is 0 Å². The predicted molar refractivity (Wildman–Crippen MR) is 48.6 cm³/mol. The van der Waals surface area contributed by atoms with Crippen molar-refractivity contribution in [3.8, 4) is 0 Å². The maximum Gasteiger partial charge on any atom is 0.237 e. The topological polar surface area (TPSA) is 66.5 Å². The molecule has 0 bridgehead atoms. The van der Waals surface area contributed by atoms with Crippen molar-refractivity contribution in [3.63, 3.8) is 0 Å². The van der Waals surface area contributed by atoms with Crippen LogP contribution in [-0.4, -0.2) is 45.6 Å². The van der Waals surface area contributed by atoms with Gasteiger partial charge in [0.2, 0.25) is 15.9 Å². The molecular weight excluding hydrogens is 192 g/mol. The van der Waals surface area contributed by atoms with E-state index in [1.165, 1.54) is 0 Å². The molecule has 1 saturated heterocycles. The Kier molecular flexibility index (Phi) is 2.92. The van der Waals surface area contributed by atoms with Crippen molar-refractivity contribution in [1.29, 1.82) is 0 Å². The summed E-state index contributed by atoms with van der Waals surface area (Å²) in [6.45, 7) is 1.49. The van der Waals surface area contributed by atoms with E-state index in [1.807, 2.05) is 16.7 Å². The summed E-state index contributed by atoms with van der Waals surface area (Å²) in [5.41, 5.74) is 0. The van der Waals surface area contributed by atoms with Crippen LogP contribution in [0.4, 0.5) is 0 Å². The smallest absolute Gasteiger partial charge is 0.237 e. The lowest BCUT2D eigenvalue weighted by Crippen LogP contribution is -2.35. The fraction of sp³-hybridized carbons (Fsp3) is 0.857. The summed E-state index contributed by atoms with van der Waals surface area (Å²) in [5, 5.41) is 0. The molecular formula is C7H14N2O3S. The molecule has 0 spiro atoms. The fourth-order valence-corrected chi connectivity index (χ4v) is 1.95. The van der Waals surface area contributed by atoms with E-state index in [9.17, 15) is 13.2 Å². The first kappa shape index (κ1) is 10.5. The van der Waals surface area contributed by atoms with Crippen LogP contribution in [-0.2, 0) is 14.8 Å². The van der Waals surface area contributed by atoms with Crippen LogP contribution in [0.5, 0.6) is 0 Å². The number of hydrogen-bond donors (Lipinski definition) is 1. The van der Waals surface area contributed by atoms with E-state index in [4.69, 9.17) is 0 Å². The summed E-state index contributed by atoms with van der Waals surface area (Å²) in [6, 6.07) is 0. The van der Waals surface area contributed by atoms with Gasteiger partial charge in [-0.15, -0.1) is 0 Å². The van der Waals surface area contributed by atoms with Crippen molar-refractivity contribution in [1.82, 2.24) is 9.62 Å². The van der Waals surface area contributed by atoms with E-state index in [-0.39, 0.29) is 11.8 Å². The van der Waals surface area contributed by atoms with Crippen molar-refractivity contribution >= 4 is 15.9 Å². The van der Waals surface area contributed by atoms with Gasteiger partial charge in [-0.3, -0.25) is 9.52 Å². The van der Waals surface area contributed by atoms with Crippen molar-refractivity contribution in [2.75, 3.05) is 26.4 Å². The standard InChI is InChI=1S/C7H14N2O3S/c1-9-4-3-6(5-9)7(10)8-13(2,11)12/h6H,3-5H2,1-2H3,(H,8,10). The highest BCUT2D eigenvalue weighted by atomic mass is 32.2. The monoisotopic (exact) mass is 206 g/mol. The van der Waals surface area contributed by atoms with Gasteiger partial charge in [0.1, 0.15) is 0 Å². The van der Waals surface area contributed by atoms with Crippen molar-refractivity contribution in [2.24, 2.45) is 5.92 Å². The SMILES string of the molecule is CN1CCC(C(=O)NS(C)(=O)=O)C1. The molecule has 6 heteroatoms. The Balaban J connectivity index is 2.50. The third kappa shape index (κ3) is 3.31. The number of hydrogen-bond acceptors (Lipinski definition) is 4. The molecule has 0 aliphatic carbocycles. The largest absolute Gasteiger partial charge is 0.306 e. The van der Waals surface area contributed by atoms with E-state index in [0.717, 1.165) is 19.2 Å². The van der Waals surface area contributed by atoms with Gasteiger partial charge in [0.25, 0.3) is 0 Å². The summed E-state index contributed by atoms with van der Waals surface area (Å²) < 4.78 is 23.5. The number of nitrogens with zero attached hydrogens (tertiary/aromatic N) is 1. The lowest BCUT2D eigenvalue weighted by molar-refractivity contribution is -0.122. The highest BCUT2D eigenvalue weighted by Gasteiger charge is 2.27. The Hall–Kier alpha value is -0.620. The minimum absolute atomic E-state index is 0.181. The normalized spacial score (nSPS) is 24.6. The average Bonchev–Trinajstić information content (AvgIpc) is 2.31. The van der Waals surface area contributed by atoms with E-state index < -0.39 is 10.0 Å². The first-order valence-corrected chi connectivity index (χ1v) is 5.98. The van der Waals surface area contributed by atoms with E-state index in [1.54, 1.807) is 0 Å². The molecule has 0 radical (unpaired) electrons. The molecule has 1 fully saturated rings. The Morgan fingerprint density at radius 2 is 2.15 bits per heavy atom. The Morgan fingerprint density at radius 1 is 1.54 bits per heavy atom. The summed E-state index contributed by atoms with van der Waals surface area (Å²) in [4.78, 5) is 13.3. The predicted octanol–water partition coefficient (Wildman–Crippen LogP) is -0.986. The van der Waals surface area contributed by atoms with Crippen LogP contribution < -0.4 is 4.72 Å². The van der Waals surface area contributed by atoms with Gasteiger partial charge in [0.15, 0.2) is 0 Å². The zero-order valence-electron chi connectivity index (χ0n) is 7.78. The van der Waals surface area contributed by atoms with E-state index in [2.05, 4.69) is 0 Å². The average molecular weight is 206 g/mol. The molecule has 5 nitrogen and oxygen atoms in total. The number of carbonyl (C=O) groups excluding carboxylic acids is 1. The number of likely N-dealkylation sites (tertiary alicyclic amines) is 1. The maximum absolute atomic E-state index is 11.3. The third-order valence-electron chi connectivity index (χ3n) is 2.05. The number of nitrogens with one attached hydrogen (secondary N) is 1. The molecule has 76 valence electrons. The molecule has 1 aliphatic rings. The van der Waals surface area contributed by atoms with Gasteiger partial charge in [-0.2, -0.15) is 0 Å². The Morgan fingerprint density at radius 3 is 2.54 bits per heavy atom. The van der Waals surface area contributed by atoms with Crippen LogP contribution in [0.15, 0.2) is 0 Å². The number of carbonyl (C=O) groups is 1. The van der Waals surface area contributed by atoms with Gasteiger partial charge < -0.3 is 4.90 Å². The second-order valence-electron chi connectivity index (χ2n) is 3.49. The fourth-order valence-electron chi connectivity index (χ4n) is 1.42. The number of amides is 1. The minimum Gasteiger partial charge on any atom is -0.306 e. The number of sulfonamides is 1. The van der Waals surface area contributed by atoms with Gasteiger partial charge in [-0.1, -0.05) is 0 Å². The minimum atomic E-state index is -3.40. The van der Waals surface area contributed by atoms with Crippen LogP contribution in [0.1, 0.15) is 6.42 Å². The first-order chi connectivity index (χ1) is 5.88. The van der Waals surface area contributed by atoms with Gasteiger partial charge in [-0.25, -0.2) is 8.42 Å². The molecule has 1 rings (SSSR count). The van der Waals surface area contributed by atoms with Crippen LogP contribution in [0.25, 0.3) is 0 Å². The lowest BCUT2D eigenvalue weighted by Gasteiger charge is -2.09. The quantitative estimate of drug-likeness (QED) is 0.630. The summed E-state index contributed by atoms with van der Waals surface area (Å²) >= 11 is 0. The van der Waals surface area contributed by atoms with E-state index >= 15 is 0 Å². The van der Waals surface area contributed by atoms with Crippen molar-refractivity contribution in [2.45, 2.75) is 6.42 Å². The Bertz CT molecular complexity index is 299. The van der Waals surface area contributed by atoms with Crippen LogP contribution in [0.3, 0.4) is 0 Å². The lowest BCUT2D eigenvalue weighted by atomic mass is 10.1. The molecule has 1 unspecified atom stereocenters. The summed E-state index contributed by atoms with van der Waals surface area (Å²) in [6.07, 6.45) is 1.72. The first-order valence-electron chi connectivity index (χ1n) is 4.08. The summed E-state index contributed by atoms with van der Waals surface area (Å²) in [5.74, 6) is -0.563. The molecule has 0 aromatic rings. The highest BCUT2D eigenvalue weighted by molar-refractivity contribution is 7.89. The second-order valence-corrected chi connectivity index (χ2v) is 5.23. The maximum atomic E-state index is 11.3. The summed E-state index contributed by atoms with van der Waals surface area (Å²) in [7, 11) is -1.49. The zero-order chi connectivity index (χ0) is 10.1.